The topological polar surface area (TPSA) is 88.1 Å². The van der Waals surface area contributed by atoms with Gasteiger partial charge in [-0.25, -0.2) is 4.79 Å². The number of morpholine rings is 1. The number of carbonyl (C=O) groups is 2. The van der Waals surface area contributed by atoms with Gasteiger partial charge in [0.2, 0.25) is 0 Å². The third-order valence-corrected chi connectivity index (χ3v) is 5.19. The van der Waals surface area contributed by atoms with Gasteiger partial charge in [-0.05, 0) is 48.9 Å². The van der Waals surface area contributed by atoms with E-state index in [0.717, 1.165) is 44.0 Å². The van der Waals surface area contributed by atoms with Gasteiger partial charge in [0.25, 0.3) is 5.91 Å². The van der Waals surface area contributed by atoms with Gasteiger partial charge in [-0.3, -0.25) is 9.69 Å². The molecule has 2 aromatic carbocycles. The molecule has 0 aromatic heterocycles. The smallest absolute Gasteiger partial charge is 0.331 e. The van der Waals surface area contributed by atoms with Gasteiger partial charge in [0.15, 0.2) is 6.04 Å². The number of esters is 1. The van der Waals surface area contributed by atoms with Crippen molar-refractivity contribution >= 4 is 11.9 Å². The molecule has 7 nitrogen and oxygen atoms in total. The van der Waals surface area contributed by atoms with E-state index in [9.17, 15) is 14.7 Å². The number of aliphatic hydroxyl groups excluding tert-OH is 1. The zero-order chi connectivity index (χ0) is 22.9. The molecule has 2 aromatic rings. The van der Waals surface area contributed by atoms with E-state index in [1.807, 2.05) is 12.1 Å². The molecule has 32 heavy (non-hydrogen) atoms. The molecule has 0 radical (unpaired) electrons. The lowest BCUT2D eigenvalue weighted by atomic mass is 10.1. The molecule has 1 saturated heterocycles. The fraction of sp³-hybridized carbons (Fsp3) is 0.360. The zero-order valence-electron chi connectivity index (χ0n) is 18.3. The highest BCUT2D eigenvalue weighted by Crippen LogP contribution is 2.10. The molecule has 1 aliphatic rings. The van der Waals surface area contributed by atoms with Gasteiger partial charge in [0.05, 0.1) is 26.4 Å². The van der Waals surface area contributed by atoms with Crippen LogP contribution in [0, 0.1) is 11.8 Å². The number of ether oxygens (including phenoxy) is 2. The van der Waals surface area contributed by atoms with Gasteiger partial charge >= 0.3 is 5.97 Å². The molecule has 1 heterocycles. The van der Waals surface area contributed by atoms with Gasteiger partial charge < -0.3 is 19.9 Å². The number of methoxy groups -OCH3 is 1. The first-order valence-electron chi connectivity index (χ1n) is 10.5. The highest BCUT2D eigenvalue weighted by atomic mass is 16.5. The van der Waals surface area contributed by atoms with Crippen LogP contribution in [0.5, 0.6) is 0 Å². The summed E-state index contributed by atoms with van der Waals surface area (Å²) in [6.45, 7) is 5.81. The number of hydrogen-bond acceptors (Lipinski definition) is 6. The SMILES string of the molecule is COC(=O)C(NC(=O)c1ccc(C#Cc2ccc(CN3CCOCC3)cc2)cc1)[C@@H](C)O. The summed E-state index contributed by atoms with van der Waals surface area (Å²) in [5, 5.41) is 12.2. The van der Waals surface area contributed by atoms with Crippen molar-refractivity contribution in [2.45, 2.75) is 25.6 Å². The van der Waals surface area contributed by atoms with Crippen LogP contribution in [0.3, 0.4) is 0 Å². The van der Waals surface area contributed by atoms with Gasteiger partial charge in [0, 0.05) is 36.3 Å². The molecule has 2 atom stereocenters. The summed E-state index contributed by atoms with van der Waals surface area (Å²) in [5.41, 5.74) is 3.28. The summed E-state index contributed by atoms with van der Waals surface area (Å²) in [4.78, 5) is 26.4. The number of rotatable bonds is 6. The quantitative estimate of drug-likeness (QED) is 0.528. The van der Waals surface area contributed by atoms with Crippen LogP contribution in [-0.4, -0.2) is 67.4 Å². The largest absolute Gasteiger partial charge is 0.467 e. The summed E-state index contributed by atoms with van der Waals surface area (Å²) in [7, 11) is 1.20. The van der Waals surface area contributed by atoms with Crippen LogP contribution in [0.25, 0.3) is 0 Å². The lowest BCUT2D eigenvalue weighted by molar-refractivity contribution is -0.145. The standard InChI is InChI=1S/C25H28N2O5/c1-18(28)23(25(30)31-2)26-24(29)22-11-9-20(10-12-22)4-3-19-5-7-21(8-6-19)17-27-13-15-32-16-14-27/h5-12,18,23,28H,13-17H2,1-2H3,(H,26,29)/t18-,23?/m1/s1. The van der Waals surface area contributed by atoms with E-state index in [-0.39, 0.29) is 0 Å². The predicted molar refractivity (Wildman–Crippen MR) is 120 cm³/mol. The van der Waals surface area contributed by atoms with Crippen LogP contribution in [-0.2, 0) is 20.8 Å². The predicted octanol–water partition coefficient (Wildman–Crippen LogP) is 1.57. The molecule has 1 aliphatic heterocycles. The minimum Gasteiger partial charge on any atom is -0.467 e. The van der Waals surface area contributed by atoms with Gasteiger partial charge in [-0.2, -0.15) is 0 Å². The van der Waals surface area contributed by atoms with E-state index >= 15 is 0 Å². The van der Waals surface area contributed by atoms with Crippen LogP contribution >= 0.6 is 0 Å². The molecule has 2 N–H and O–H groups in total. The van der Waals surface area contributed by atoms with Crippen molar-refractivity contribution in [1.29, 1.82) is 0 Å². The van der Waals surface area contributed by atoms with Crippen molar-refractivity contribution in [3.05, 3.63) is 70.8 Å². The Morgan fingerprint density at radius 2 is 1.62 bits per heavy atom. The summed E-state index contributed by atoms with van der Waals surface area (Å²) < 4.78 is 9.99. The average Bonchev–Trinajstić information content (AvgIpc) is 2.82. The van der Waals surface area contributed by atoms with Crippen molar-refractivity contribution in [3.63, 3.8) is 0 Å². The van der Waals surface area contributed by atoms with E-state index in [4.69, 9.17) is 4.74 Å². The van der Waals surface area contributed by atoms with Crippen molar-refractivity contribution in [2.75, 3.05) is 33.4 Å². The fourth-order valence-electron chi connectivity index (χ4n) is 3.29. The maximum Gasteiger partial charge on any atom is 0.331 e. The number of hydrogen-bond donors (Lipinski definition) is 2. The molecule has 7 heteroatoms. The average molecular weight is 437 g/mol. The zero-order valence-corrected chi connectivity index (χ0v) is 18.3. The molecule has 1 unspecified atom stereocenters. The lowest BCUT2D eigenvalue weighted by Crippen LogP contribution is -2.48. The summed E-state index contributed by atoms with van der Waals surface area (Å²) in [5.74, 6) is 5.05. The van der Waals surface area contributed by atoms with Gasteiger partial charge in [-0.1, -0.05) is 24.0 Å². The Kier molecular flexibility index (Phi) is 8.40. The van der Waals surface area contributed by atoms with Crippen molar-refractivity contribution in [3.8, 4) is 11.8 Å². The minimum absolute atomic E-state index is 0.359. The third kappa shape index (κ3) is 6.66. The van der Waals surface area contributed by atoms with Crippen molar-refractivity contribution in [2.24, 2.45) is 0 Å². The Bertz CT molecular complexity index is 968. The van der Waals surface area contributed by atoms with Gasteiger partial charge in [0.1, 0.15) is 0 Å². The Labute approximate surface area is 188 Å². The highest BCUT2D eigenvalue weighted by molar-refractivity contribution is 5.97. The maximum atomic E-state index is 12.4. The number of nitrogens with one attached hydrogen (secondary N) is 1. The number of nitrogens with zero attached hydrogens (tertiary/aromatic N) is 1. The van der Waals surface area contributed by atoms with Crippen LogP contribution in [0.15, 0.2) is 48.5 Å². The minimum atomic E-state index is -1.13. The van der Waals surface area contributed by atoms with Crippen molar-refractivity contribution in [1.82, 2.24) is 10.2 Å². The van der Waals surface area contributed by atoms with E-state index in [0.29, 0.717) is 5.56 Å². The number of amides is 1. The molecule has 3 rings (SSSR count). The lowest BCUT2D eigenvalue weighted by Gasteiger charge is -2.26. The summed E-state index contributed by atoms with van der Waals surface area (Å²) in [6, 6.07) is 13.8. The molecule has 0 spiro atoms. The molecule has 168 valence electrons. The van der Waals surface area contributed by atoms with E-state index < -0.39 is 24.0 Å². The first-order chi connectivity index (χ1) is 15.5. The Balaban J connectivity index is 1.58. The highest BCUT2D eigenvalue weighted by Gasteiger charge is 2.26. The second kappa shape index (κ2) is 11.4. The first kappa shape index (κ1) is 23.5. The normalized spacial score (nSPS) is 15.7. The monoisotopic (exact) mass is 436 g/mol. The second-order valence-electron chi connectivity index (χ2n) is 7.63. The van der Waals surface area contributed by atoms with Crippen LogP contribution in [0.1, 0.15) is 34.0 Å². The second-order valence-corrected chi connectivity index (χ2v) is 7.63. The summed E-state index contributed by atoms with van der Waals surface area (Å²) in [6.07, 6.45) is -1.07. The first-order valence-corrected chi connectivity index (χ1v) is 10.5. The molecule has 0 bridgehead atoms. The third-order valence-electron chi connectivity index (χ3n) is 5.19. The number of carbonyl (C=O) groups excluding carboxylic acids is 2. The van der Waals surface area contributed by atoms with E-state index in [1.165, 1.54) is 19.6 Å². The molecule has 0 aliphatic carbocycles. The molecule has 1 amide bonds. The molecule has 1 fully saturated rings. The number of aliphatic hydroxyl groups is 1. The van der Waals surface area contributed by atoms with Crippen molar-refractivity contribution < 1.29 is 24.2 Å². The summed E-state index contributed by atoms with van der Waals surface area (Å²) >= 11 is 0. The molecule has 0 saturated carbocycles. The number of benzene rings is 2. The van der Waals surface area contributed by atoms with Crippen LogP contribution in [0.4, 0.5) is 0 Å². The fourth-order valence-corrected chi connectivity index (χ4v) is 3.29. The molecular weight excluding hydrogens is 408 g/mol. The van der Waals surface area contributed by atoms with Gasteiger partial charge in [-0.15, -0.1) is 0 Å². The van der Waals surface area contributed by atoms with Crippen LogP contribution in [0.2, 0.25) is 0 Å². The molecular formula is C25H28N2O5. The Morgan fingerprint density at radius 3 is 2.16 bits per heavy atom. The maximum absolute atomic E-state index is 12.4. The van der Waals surface area contributed by atoms with Crippen LogP contribution < -0.4 is 5.32 Å². The van der Waals surface area contributed by atoms with E-state index in [2.05, 4.69) is 38.9 Å². The van der Waals surface area contributed by atoms with E-state index in [1.54, 1.807) is 24.3 Å². The Hall–Kier alpha value is -3.18. The Morgan fingerprint density at radius 1 is 1.06 bits per heavy atom.